The molecule has 110 valence electrons. The van der Waals surface area contributed by atoms with Gasteiger partial charge in [-0.05, 0) is 44.9 Å². The third kappa shape index (κ3) is 2.69. The van der Waals surface area contributed by atoms with E-state index in [-0.39, 0.29) is 0 Å². The van der Waals surface area contributed by atoms with Crippen molar-refractivity contribution in [2.24, 2.45) is 5.41 Å². The molecule has 0 heterocycles. The van der Waals surface area contributed by atoms with E-state index in [1.165, 1.54) is 51.4 Å². The van der Waals surface area contributed by atoms with E-state index in [1.54, 1.807) is 0 Å². The molecular formula is C16H27ClO2. The first-order chi connectivity index (χ1) is 9.24. The number of ether oxygens (including phenoxy) is 2. The van der Waals surface area contributed by atoms with Gasteiger partial charge in [-0.25, -0.2) is 0 Å². The Morgan fingerprint density at radius 3 is 2.37 bits per heavy atom. The summed E-state index contributed by atoms with van der Waals surface area (Å²) in [5.74, 6) is 0. The normalized spacial score (nSPS) is 42.0. The SMILES string of the molecule is COC1CCCC(OC2CC(Cl)C23CCCCC3)C1. The molecule has 2 nitrogen and oxygen atoms in total. The predicted molar refractivity (Wildman–Crippen MR) is 77.7 cm³/mol. The molecule has 3 aliphatic carbocycles. The molecule has 0 amide bonds. The monoisotopic (exact) mass is 286 g/mol. The van der Waals surface area contributed by atoms with Crippen molar-refractivity contribution in [1.29, 1.82) is 0 Å². The standard InChI is InChI=1S/C16H27ClO2/c1-18-12-6-5-7-13(10-12)19-15-11-14(17)16(15)8-3-2-4-9-16/h12-15H,2-11H2,1H3. The minimum absolute atomic E-state index is 0.319. The molecule has 0 aromatic heterocycles. The third-order valence-corrected chi connectivity index (χ3v) is 6.35. The van der Waals surface area contributed by atoms with Crippen LogP contribution in [0, 0.1) is 5.41 Å². The van der Waals surface area contributed by atoms with Gasteiger partial charge in [0.25, 0.3) is 0 Å². The van der Waals surface area contributed by atoms with Gasteiger partial charge in [0.05, 0.1) is 18.3 Å². The summed E-state index contributed by atoms with van der Waals surface area (Å²) in [6, 6.07) is 0. The van der Waals surface area contributed by atoms with E-state index in [1.807, 2.05) is 7.11 Å². The molecule has 3 fully saturated rings. The molecule has 0 saturated heterocycles. The van der Waals surface area contributed by atoms with Crippen LogP contribution in [0.15, 0.2) is 0 Å². The molecule has 4 unspecified atom stereocenters. The van der Waals surface area contributed by atoms with E-state index in [2.05, 4.69) is 0 Å². The highest BCUT2D eigenvalue weighted by atomic mass is 35.5. The summed E-state index contributed by atoms with van der Waals surface area (Å²) in [5, 5.41) is 0.361. The lowest BCUT2D eigenvalue weighted by Gasteiger charge is -2.56. The molecule has 19 heavy (non-hydrogen) atoms. The van der Waals surface area contributed by atoms with Gasteiger partial charge >= 0.3 is 0 Å². The minimum atomic E-state index is 0.319. The molecule has 4 atom stereocenters. The van der Waals surface area contributed by atoms with Crippen molar-refractivity contribution in [3.8, 4) is 0 Å². The van der Waals surface area contributed by atoms with Crippen LogP contribution >= 0.6 is 11.6 Å². The van der Waals surface area contributed by atoms with E-state index in [4.69, 9.17) is 21.1 Å². The van der Waals surface area contributed by atoms with E-state index < -0.39 is 0 Å². The van der Waals surface area contributed by atoms with Gasteiger partial charge in [-0.15, -0.1) is 11.6 Å². The molecule has 0 aliphatic heterocycles. The Morgan fingerprint density at radius 1 is 0.947 bits per heavy atom. The highest BCUT2D eigenvalue weighted by Crippen LogP contribution is 2.56. The van der Waals surface area contributed by atoms with Crippen LogP contribution in [-0.4, -0.2) is 30.8 Å². The van der Waals surface area contributed by atoms with Gasteiger partial charge in [0.15, 0.2) is 0 Å². The summed E-state index contributed by atoms with van der Waals surface area (Å²) in [7, 11) is 1.83. The Balaban J connectivity index is 1.57. The summed E-state index contributed by atoms with van der Waals surface area (Å²) in [4.78, 5) is 0. The lowest BCUT2D eigenvalue weighted by molar-refractivity contribution is -0.167. The fourth-order valence-corrected chi connectivity index (χ4v) is 4.93. The van der Waals surface area contributed by atoms with Crippen LogP contribution in [0.2, 0.25) is 0 Å². The quantitative estimate of drug-likeness (QED) is 0.721. The number of alkyl halides is 1. The van der Waals surface area contributed by atoms with Crippen LogP contribution in [0.1, 0.15) is 64.2 Å². The van der Waals surface area contributed by atoms with Gasteiger partial charge in [-0.2, -0.15) is 0 Å². The van der Waals surface area contributed by atoms with Gasteiger partial charge in [-0.3, -0.25) is 0 Å². The maximum atomic E-state index is 6.55. The number of hydrogen-bond acceptors (Lipinski definition) is 2. The summed E-state index contributed by atoms with van der Waals surface area (Å²) in [5.41, 5.74) is 0.319. The Kier molecular flexibility index (Phi) is 4.40. The first-order valence-corrected chi connectivity index (χ1v) is 8.50. The average Bonchev–Trinajstić information content (AvgIpc) is 2.48. The maximum Gasteiger partial charge on any atom is 0.0663 e. The zero-order chi connectivity index (χ0) is 13.3. The molecule has 1 spiro atoms. The van der Waals surface area contributed by atoms with Gasteiger partial charge < -0.3 is 9.47 Å². The smallest absolute Gasteiger partial charge is 0.0663 e. The fraction of sp³-hybridized carbons (Fsp3) is 1.00. The molecular weight excluding hydrogens is 260 g/mol. The lowest BCUT2D eigenvalue weighted by atomic mass is 9.58. The van der Waals surface area contributed by atoms with Gasteiger partial charge in [-0.1, -0.05) is 19.3 Å². The Hall–Kier alpha value is 0.210. The Labute approximate surface area is 122 Å². The summed E-state index contributed by atoms with van der Waals surface area (Å²) >= 11 is 6.55. The lowest BCUT2D eigenvalue weighted by Crippen LogP contribution is -2.57. The first kappa shape index (κ1) is 14.2. The summed E-state index contributed by atoms with van der Waals surface area (Å²) in [6.45, 7) is 0. The molecule has 3 heteroatoms. The third-order valence-electron chi connectivity index (χ3n) is 5.74. The predicted octanol–water partition coefficient (Wildman–Crippen LogP) is 4.29. The Morgan fingerprint density at radius 2 is 1.68 bits per heavy atom. The van der Waals surface area contributed by atoms with Crippen molar-refractivity contribution in [2.45, 2.75) is 87.9 Å². The topological polar surface area (TPSA) is 18.5 Å². The van der Waals surface area contributed by atoms with Gasteiger partial charge in [0.1, 0.15) is 0 Å². The molecule has 0 radical (unpaired) electrons. The summed E-state index contributed by atoms with van der Waals surface area (Å²) < 4.78 is 12.0. The van der Waals surface area contributed by atoms with E-state index in [0.29, 0.717) is 29.1 Å². The van der Waals surface area contributed by atoms with Crippen molar-refractivity contribution in [3.05, 3.63) is 0 Å². The summed E-state index contributed by atoms with van der Waals surface area (Å²) in [6.07, 6.45) is 13.7. The highest BCUT2D eigenvalue weighted by molar-refractivity contribution is 6.21. The van der Waals surface area contributed by atoms with Gasteiger partial charge in [0, 0.05) is 17.9 Å². The largest absolute Gasteiger partial charge is 0.381 e. The number of rotatable bonds is 3. The highest BCUT2D eigenvalue weighted by Gasteiger charge is 2.55. The van der Waals surface area contributed by atoms with Crippen LogP contribution in [0.4, 0.5) is 0 Å². The number of methoxy groups -OCH3 is 1. The molecule has 0 aromatic carbocycles. The van der Waals surface area contributed by atoms with Crippen molar-refractivity contribution >= 4 is 11.6 Å². The Bertz CT molecular complexity index is 301. The average molecular weight is 287 g/mol. The van der Waals surface area contributed by atoms with Crippen LogP contribution < -0.4 is 0 Å². The number of hydrogen-bond donors (Lipinski definition) is 0. The first-order valence-electron chi connectivity index (χ1n) is 8.07. The van der Waals surface area contributed by atoms with E-state index in [9.17, 15) is 0 Å². The van der Waals surface area contributed by atoms with Crippen LogP contribution in [0.5, 0.6) is 0 Å². The van der Waals surface area contributed by atoms with Gasteiger partial charge in [0.2, 0.25) is 0 Å². The van der Waals surface area contributed by atoms with Crippen LogP contribution in [0.3, 0.4) is 0 Å². The zero-order valence-electron chi connectivity index (χ0n) is 12.1. The zero-order valence-corrected chi connectivity index (χ0v) is 12.8. The molecule has 3 rings (SSSR count). The van der Waals surface area contributed by atoms with Crippen LogP contribution in [0.25, 0.3) is 0 Å². The minimum Gasteiger partial charge on any atom is -0.381 e. The second-order valence-electron chi connectivity index (χ2n) is 6.77. The molecule has 0 aromatic rings. The molecule has 0 bridgehead atoms. The fourth-order valence-electron chi connectivity index (χ4n) is 4.41. The molecule has 0 N–H and O–H groups in total. The second kappa shape index (κ2) is 5.91. The van der Waals surface area contributed by atoms with Crippen molar-refractivity contribution in [2.75, 3.05) is 7.11 Å². The van der Waals surface area contributed by atoms with Crippen LogP contribution in [-0.2, 0) is 9.47 Å². The molecule has 3 aliphatic rings. The van der Waals surface area contributed by atoms with E-state index in [0.717, 1.165) is 12.8 Å². The molecule has 3 saturated carbocycles. The second-order valence-corrected chi connectivity index (χ2v) is 7.29. The van der Waals surface area contributed by atoms with Crippen molar-refractivity contribution in [3.63, 3.8) is 0 Å². The van der Waals surface area contributed by atoms with Crippen molar-refractivity contribution < 1.29 is 9.47 Å². The van der Waals surface area contributed by atoms with Crippen molar-refractivity contribution in [1.82, 2.24) is 0 Å². The maximum absolute atomic E-state index is 6.55. The van der Waals surface area contributed by atoms with E-state index >= 15 is 0 Å². The number of halogens is 1.